The Morgan fingerprint density at radius 2 is 2.04 bits per heavy atom. The Morgan fingerprint density at radius 3 is 2.70 bits per heavy atom. The van der Waals surface area contributed by atoms with Gasteiger partial charge in [-0.15, -0.1) is 0 Å². The van der Waals surface area contributed by atoms with Crippen LogP contribution in [0.4, 0.5) is 4.39 Å². The second-order valence-corrected chi connectivity index (χ2v) is 9.56. The third-order valence-electron chi connectivity index (χ3n) is 8.40. The molecule has 146 valence electrons. The highest BCUT2D eigenvalue weighted by Gasteiger charge is 2.71. The number of hydrogen-bond acceptors (Lipinski definition) is 4. The first-order chi connectivity index (χ1) is 12.6. The van der Waals surface area contributed by atoms with Crippen LogP contribution in [0.15, 0.2) is 23.8 Å². The third kappa shape index (κ3) is 2.15. The van der Waals surface area contributed by atoms with Gasteiger partial charge in [-0.3, -0.25) is 14.4 Å². The summed E-state index contributed by atoms with van der Waals surface area (Å²) < 4.78 is 16.8. The molecule has 0 saturated heterocycles. The molecule has 0 bridgehead atoms. The van der Waals surface area contributed by atoms with E-state index in [1.54, 1.807) is 13.0 Å². The molecule has 0 heterocycles. The quantitative estimate of drug-likeness (QED) is 0.596. The van der Waals surface area contributed by atoms with Crippen LogP contribution in [-0.2, 0) is 14.4 Å². The van der Waals surface area contributed by atoms with Gasteiger partial charge in [0, 0.05) is 17.3 Å². The van der Waals surface area contributed by atoms with Gasteiger partial charge in [-0.1, -0.05) is 25.5 Å². The largest absolute Gasteiger partial charge is 0.390 e. The van der Waals surface area contributed by atoms with Crippen molar-refractivity contribution in [3.05, 3.63) is 23.8 Å². The van der Waals surface area contributed by atoms with Gasteiger partial charge in [-0.05, 0) is 62.0 Å². The summed E-state index contributed by atoms with van der Waals surface area (Å²) in [4.78, 5) is 35.4. The van der Waals surface area contributed by atoms with Crippen molar-refractivity contribution in [2.24, 2.45) is 34.5 Å². The molecule has 0 radical (unpaired) electrons. The number of rotatable bonds is 2. The summed E-state index contributed by atoms with van der Waals surface area (Å²) in [5, 5.41) is 11.1. The molecule has 4 aliphatic carbocycles. The number of aliphatic hydroxyl groups excluding tert-OH is 1. The average Bonchev–Trinajstić information content (AvgIpc) is 2.86. The summed E-state index contributed by atoms with van der Waals surface area (Å²) in [7, 11) is 0. The Balaban J connectivity index is 1.81. The Labute approximate surface area is 158 Å². The molecular formula is C22H27FO4. The van der Waals surface area contributed by atoms with Gasteiger partial charge in [-0.25, -0.2) is 4.39 Å². The minimum atomic E-state index is -1.88. The van der Waals surface area contributed by atoms with Crippen LogP contribution >= 0.6 is 0 Å². The molecule has 5 heteroatoms. The minimum Gasteiger partial charge on any atom is -0.390 e. The van der Waals surface area contributed by atoms with E-state index in [-0.39, 0.29) is 24.0 Å². The number of alkyl halides is 1. The second kappa shape index (κ2) is 5.69. The first kappa shape index (κ1) is 18.7. The molecule has 1 N–H and O–H groups in total. The number of aliphatic hydroxyl groups is 1. The summed E-state index contributed by atoms with van der Waals surface area (Å²) in [5.74, 6) is -1.52. The molecule has 0 aromatic heterocycles. The molecule has 0 aromatic carbocycles. The molecule has 4 aliphatic rings. The van der Waals surface area contributed by atoms with E-state index in [0.717, 1.165) is 5.57 Å². The van der Waals surface area contributed by atoms with Crippen LogP contribution in [0.25, 0.3) is 0 Å². The number of ketones is 2. The summed E-state index contributed by atoms with van der Waals surface area (Å²) in [6, 6.07) is 0. The molecule has 0 aromatic rings. The van der Waals surface area contributed by atoms with E-state index in [1.807, 2.05) is 13.8 Å². The van der Waals surface area contributed by atoms with Crippen molar-refractivity contribution in [1.29, 1.82) is 0 Å². The van der Waals surface area contributed by atoms with Crippen molar-refractivity contribution in [3.63, 3.8) is 0 Å². The molecule has 0 aliphatic heterocycles. The van der Waals surface area contributed by atoms with Gasteiger partial charge in [0.1, 0.15) is 0 Å². The van der Waals surface area contributed by atoms with E-state index in [0.29, 0.717) is 25.5 Å². The van der Waals surface area contributed by atoms with Crippen molar-refractivity contribution in [1.82, 2.24) is 0 Å². The van der Waals surface area contributed by atoms with Gasteiger partial charge in [0.15, 0.2) is 23.5 Å². The Kier molecular flexibility index (Phi) is 3.95. The first-order valence-electron chi connectivity index (χ1n) is 9.90. The fraction of sp³-hybridized carbons (Fsp3) is 0.682. The third-order valence-corrected chi connectivity index (χ3v) is 8.40. The lowest BCUT2D eigenvalue weighted by molar-refractivity contribution is -0.195. The zero-order chi connectivity index (χ0) is 19.8. The molecule has 3 fully saturated rings. The van der Waals surface area contributed by atoms with Crippen LogP contribution in [0.1, 0.15) is 46.5 Å². The maximum Gasteiger partial charge on any atom is 0.199 e. The molecule has 8 atom stereocenters. The smallest absolute Gasteiger partial charge is 0.199 e. The van der Waals surface area contributed by atoms with Gasteiger partial charge in [-0.2, -0.15) is 0 Å². The van der Waals surface area contributed by atoms with Gasteiger partial charge in [0.25, 0.3) is 0 Å². The van der Waals surface area contributed by atoms with Crippen molar-refractivity contribution < 1.29 is 23.9 Å². The zero-order valence-corrected chi connectivity index (χ0v) is 16.1. The number of carbonyl (C=O) groups is 3. The number of hydrogen-bond donors (Lipinski definition) is 1. The molecule has 5 unspecified atom stereocenters. The monoisotopic (exact) mass is 374 g/mol. The lowest BCUT2D eigenvalue weighted by atomic mass is 9.45. The van der Waals surface area contributed by atoms with Crippen LogP contribution in [0.2, 0.25) is 0 Å². The second-order valence-electron chi connectivity index (χ2n) is 9.56. The number of aldehydes is 1. The van der Waals surface area contributed by atoms with Gasteiger partial charge < -0.3 is 5.11 Å². The summed E-state index contributed by atoms with van der Waals surface area (Å²) in [6.07, 6.45) is 5.70. The number of fused-ring (bicyclic) bond motifs is 5. The van der Waals surface area contributed by atoms with Crippen molar-refractivity contribution in [3.8, 4) is 0 Å². The predicted octanol–water partition coefficient (Wildman–Crippen LogP) is 2.99. The van der Waals surface area contributed by atoms with Crippen LogP contribution in [-0.4, -0.2) is 34.7 Å². The number of halogens is 1. The highest BCUT2D eigenvalue weighted by Crippen LogP contribution is 2.69. The van der Waals surface area contributed by atoms with Gasteiger partial charge in [0.2, 0.25) is 0 Å². The molecule has 4 rings (SSSR count). The number of Topliss-reactive ketones (excluding diaryl/α,β-unsaturated/α-hetero) is 1. The van der Waals surface area contributed by atoms with E-state index >= 15 is 4.39 Å². The topological polar surface area (TPSA) is 71.4 Å². The van der Waals surface area contributed by atoms with Gasteiger partial charge in [0.05, 0.1) is 6.10 Å². The molecule has 4 nitrogen and oxygen atoms in total. The van der Waals surface area contributed by atoms with E-state index in [1.165, 1.54) is 12.2 Å². The van der Waals surface area contributed by atoms with Crippen LogP contribution in [0.5, 0.6) is 0 Å². The van der Waals surface area contributed by atoms with Gasteiger partial charge >= 0.3 is 0 Å². The minimum absolute atomic E-state index is 0.0135. The molecule has 0 amide bonds. The van der Waals surface area contributed by atoms with Crippen LogP contribution in [0.3, 0.4) is 0 Å². The Hall–Kier alpha value is -1.62. The van der Waals surface area contributed by atoms with Crippen LogP contribution in [0, 0.1) is 34.5 Å². The van der Waals surface area contributed by atoms with E-state index in [2.05, 4.69) is 0 Å². The lowest BCUT2D eigenvalue weighted by Crippen LogP contribution is -2.66. The zero-order valence-electron chi connectivity index (χ0n) is 16.1. The highest BCUT2D eigenvalue weighted by molar-refractivity contribution is 6.26. The Bertz CT molecular complexity index is 785. The summed E-state index contributed by atoms with van der Waals surface area (Å²) >= 11 is 0. The lowest BCUT2D eigenvalue weighted by Gasteiger charge is -2.61. The first-order valence-corrected chi connectivity index (χ1v) is 9.90. The summed E-state index contributed by atoms with van der Waals surface area (Å²) in [6.45, 7) is 5.69. The number of carbonyl (C=O) groups excluding carboxylic acids is 3. The summed E-state index contributed by atoms with van der Waals surface area (Å²) in [5.41, 5.74) is -2.72. The fourth-order valence-electron chi connectivity index (χ4n) is 7.26. The van der Waals surface area contributed by atoms with Crippen LogP contribution < -0.4 is 0 Å². The molecular weight excluding hydrogens is 347 g/mol. The average molecular weight is 374 g/mol. The van der Waals surface area contributed by atoms with Crippen molar-refractivity contribution >= 4 is 17.9 Å². The van der Waals surface area contributed by atoms with E-state index in [9.17, 15) is 19.5 Å². The fourth-order valence-corrected chi connectivity index (χ4v) is 7.26. The van der Waals surface area contributed by atoms with Crippen molar-refractivity contribution in [2.75, 3.05) is 0 Å². The van der Waals surface area contributed by atoms with Crippen molar-refractivity contribution in [2.45, 2.75) is 58.2 Å². The molecule has 0 spiro atoms. The maximum atomic E-state index is 16.8. The predicted molar refractivity (Wildman–Crippen MR) is 97.5 cm³/mol. The van der Waals surface area contributed by atoms with E-state index in [4.69, 9.17) is 0 Å². The Morgan fingerprint density at radius 1 is 1.33 bits per heavy atom. The highest BCUT2D eigenvalue weighted by atomic mass is 19.1. The van der Waals surface area contributed by atoms with E-state index < -0.39 is 40.2 Å². The standard InChI is InChI=1S/C22H27FO4/c1-12-8-16-15-5-4-13-9-14(25)6-7-21(13,3)22(15,23)18(27)10-20(16,2)19(12)17(26)11-24/h6-7,9,11-12,15-16,18-19,27H,4-5,8,10H2,1-3H3/t12?,15?,16?,18?,19?,20-,21-,22-/m0/s1. The normalized spacial score (nSPS) is 51.1. The maximum absolute atomic E-state index is 16.8. The SMILES string of the molecule is CC1CC2C3CCC4=CC(=O)C=C[C@]4(C)[C@@]3(F)C(O)C[C@]2(C)C1C(=O)C=O. The number of allylic oxidation sites excluding steroid dienone is 4. The molecule has 27 heavy (non-hydrogen) atoms. The molecule has 3 saturated carbocycles.